The Bertz CT molecular complexity index is 485. The first-order valence-corrected chi connectivity index (χ1v) is 6.48. The summed E-state index contributed by atoms with van der Waals surface area (Å²) in [7, 11) is 0. The van der Waals surface area contributed by atoms with Crippen molar-refractivity contribution in [2.45, 2.75) is 32.7 Å². The van der Waals surface area contributed by atoms with E-state index in [1.54, 1.807) is 0 Å². The summed E-state index contributed by atoms with van der Waals surface area (Å²) in [6, 6.07) is 5.75. The van der Waals surface area contributed by atoms with Crippen LogP contribution >= 0.6 is 11.6 Å². The molecule has 2 rings (SSSR count). The van der Waals surface area contributed by atoms with Gasteiger partial charge in [-0.1, -0.05) is 11.6 Å². The molecule has 0 aromatic heterocycles. The first kappa shape index (κ1) is 13.2. The Hall–Kier alpha value is -1.22. The van der Waals surface area contributed by atoms with Crippen LogP contribution in [0.5, 0.6) is 0 Å². The van der Waals surface area contributed by atoms with Crippen LogP contribution in [0.3, 0.4) is 0 Å². The Morgan fingerprint density at radius 1 is 1.50 bits per heavy atom. The predicted octanol–water partition coefficient (Wildman–Crippen LogP) is 3.34. The molecule has 0 aliphatic carbocycles. The molecule has 1 heterocycles. The number of benzene rings is 1. The van der Waals surface area contributed by atoms with Crippen LogP contribution in [0.2, 0.25) is 5.02 Å². The number of nitrogens with zero attached hydrogens (tertiary/aromatic N) is 1. The average Bonchev–Trinajstić information content (AvgIpc) is 2.54. The smallest absolute Gasteiger partial charge is 0.308 e. The fourth-order valence-corrected chi connectivity index (χ4v) is 3.09. The van der Waals surface area contributed by atoms with Crippen molar-refractivity contribution in [2.75, 3.05) is 11.4 Å². The molecule has 0 spiro atoms. The molecule has 0 radical (unpaired) electrons. The Labute approximate surface area is 112 Å². The van der Waals surface area contributed by atoms with E-state index < -0.39 is 5.97 Å². The van der Waals surface area contributed by atoms with E-state index in [0.29, 0.717) is 11.4 Å². The highest BCUT2D eigenvalue weighted by Crippen LogP contribution is 2.40. The minimum atomic E-state index is -0.714. The third kappa shape index (κ3) is 2.07. The summed E-state index contributed by atoms with van der Waals surface area (Å²) < 4.78 is 0. The average molecular weight is 268 g/mol. The molecule has 0 saturated carbocycles. The number of aryl methyl sites for hydroxylation is 1. The van der Waals surface area contributed by atoms with Crippen molar-refractivity contribution < 1.29 is 9.90 Å². The van der Waals surface area contributed by atoms with E-state index in [0.717, 1.165) is 17.8 Å². The van der Waals surface area contributed by atoms with Crippen LogP contribution in [0.25, 0.3) is 0 Å². The molecular formula is C14H18ClNO2. The van der Waals surface area contributed by atoms with Gasteiger partial charge in [-0.05, 0) is 51.0 Å². The first-order chi connectivity index (χ1) is 8.34. The predicted molar refractivity (Wildman–Crippen MR) is 73.4 cm³/mol. The molecule has 18 heavy (non-hydrogen) atoms. The van der Waals surface area contributed by atoms with Gasteiger partial charge >= 0.3 is 5.97 Å². The number of halogens is 1. The number of carbonyl (C=O) groups is 1. The highest BCUT2D eigenvalue weighted by atomic mass is 35.5. The lowest BCUT2D eigenvalue weighted by atomic mass is 9.88. The van der Waals surface area contributed by atoms with Gasteiger partial charge in [0.15, 0.2) is 0 Å². The molecule has 1 saturated heterocycles. The maximum atomic E-state index is 11.3. The van der Waals surface area contributed by atoms with Crippen LogP contribution < -0.4 is 4.90 Å². The Morgan fingerprint density at radius 3 is 2.67 bits per heavy atom. The van der Waals surface area contributed by atoms with E-state index in [1.807, 2.05) is 39.0 Å². The molecule has 3 nitrogen and oxygen atoms in total. The molecule has 4 heteroatoms. The van der Waals surface area contributed by atoms with E-state index in [4.69, 9.17) is 11.6 Å². The number of hydrogen-bond acceptors (Lipinski definition) is 2. The monoisotopic (exact) mass is 267 g/mol. The van der Waals surface area contributed by atoms with E-state index in [2.05, 4.69) is 4.90 Å². The van der Waals surface area contributed by atoms with Gasteiger partial charge in [0, 0.05) is 22.8 Å². The van der Waals surface area contributed by atoms with Crippen molar-refractivity contribution in [2.24, 2.45) is 5.92 Å². The van der Waals surface area contributed by atoms with Crippen LogP contribution in [0.1, 0.15) is 25.8 Å². The minimum absolute atomic E-state index is 0.326. The van der Waals surface area contributed by atoms with E-state index >= 15 is 0 Å². The molecular weight excluding hydrogens is 250 g/mol. The fraction of sp³-hybridized carbons (Fsp3) is 0.500. The molecule has 1 aliphatic heterocycles. The number of aliphatic carboxylic acids is 1. The second-order valence-electron chi connectivity index (χ2n) is 5.42. The maximum Gasteiger partial charge on any atom is 0.308 e. The fourth-order valence-electron chi connectivity index (χ4n) is 2.87. The summed E-state index contributed by atoms with van der Waals surface area (Å²) in [6.07, 6.45) is 0.685. The number of hydrogen-bond donors (Lipinski definition) is 1. The van der Waals surface area contributed by atoms with E-state index in [1.165, 1.54) is 0 Å². The molecule has 1 N–H and O–H groups in total. The lowest BCUT2D eigenvalue weighted by molar-refractivity contribution is -0.142. The Balaban J connectivity index is 2.38. The number of carboxylic acid groups (broad SMARTS) is 1. The van der Waals surface area contributed by atoms with Gasteiger partial charge in [-0.25, -0.2) is 0 Å². The number of carboxylic acids is 1. The van der Waals surface area contributed by atoms with Gasteiger partial charge in [0.05, 0.1) is 5.92 Å². The highest BCUT2D eigenvalue weighted by Gasteiger charge is 2.45. The zero-order valence-electron chi connectivity index (χ0n) is 10.9. The SMILES string of the molecule is Cc1cc(Cl)ccc1N1CCC(C(=O)O)C1(C)C. The molecule has 0 amide bonds. The minimum Gasteiger partial charge on any atom is -0.481 e. The largest absolute Gasteiger partial charge is 0.481 e. The summed E-state index contributed by atoms with van der Waals surface area (Å²) >= 11 is 5.96. The zero-order valence-corrected chi connectivity index (χ0v) is 11.7. The summed E-state index contributed by atoms with van der Waals surface area (Å²) in [5.74, 6) is -1.04. The lowest BCUT2D eigenvalue weighted by Gasteiger charge is -2.37. The summed E-state index contributed by atoms with van der Waals surface area (Å²) in [5, 5.41) is 9.99. The molecule has 1 aromatic carbocycles. The van der Waals surface area contributed by atoms with Crippen molar-refractivity contribution in [3.05, 3.63) is 28.8 Å². The second kappa shape index (κ2) is 4.47. The molecule has 1 atom stereocenters. The molecule has 1 unspecified atom stereocenters. The highest BCUT2D eigenvalue weighted by molar-refractivity contribution is 6.30. The van der Waals surface area contributed by atoms with E-state index in [-0.39, 0.29) is 11.5 Å². The molecule has 1 aliphatic rings. The standard InChI is InChI=1S/C14H18ClNO2/c1-9-8-10(15)4-5-12(9)16-7-6-11(13(17)18)14(16,2)3/h4-5,8,11H,6-7H2,1-3H3,(H,17,18). The van der Waals surface area contributed by atoms with Crippen LogP contribution in [-0.2, 0) is 4.79 Å². The molecule has 0 bridgehead atoms. The van der Waals surface area contributed by atoms with Crippen LogP contribution in [0, 0.1) is 12.8 Å². The Morgan fingerprint density at radius 2 is 2.17 bits per heavy atom. The Kier molecular flexibility index (Phi) is 3.28. The zero-order chi connectivity index (χ0) is 13.5. The quantitative estimate of drug-likeness (QED) is 0.893. The molecule has 1 aromatic rings. The van der Waals surface area contributed by atoms with Crippen molar-refractivity contribution in [1.29, 1.82) is 0 Å². The van der Waals surface area contributed by atoms with Crippen molar-refractivity contribution >= 4 is 23.3 Å². The molecule has 98 valence electrons. The topological polar surface area (TPSA) is 40.5 Å². The second-order valence-corrected chi connectivity index (χ2v) is 5.85. The normalized spacial score (nSPS) is 22.2. The van der Waals surface area contributed by atoms with Gasteiger partial charge in [0.25, 0.3) is 0 Å². The van der Waals surface area contributed by atoms with Gasteiger partial charge in [-0.15, -0.1) is 0 Å². The summed E-state index contributed by atoms with van der Waals surface area (Å²) in [4.78, 5) is 13.5. The van der Waals surface area contributed by atoms with Gasteiger partial charge < -0.3 is 10.0 Å². The van der Waals surface area contributed by atoms with Gasteiger partial charge in [0.1, 0.15) is 0 Å². The lowest BCUT2D eigenvalue weighted by Crippen LogP contribution is -2.45. The van der Waals surface area contributed by atoms with Gasteiger partial charge in [-0.3, -0.25) is 4.79 Å². The maximum absolute atomic E-state index is 11.3. The van der Waals surface area contributed by atoms with E-state index in [9.17, 15) is 9.90 Å². The van der Waals surface area contributed by atoms with Crippen LogP contribution in [0.15, 0.2) is 18.2 Å². The van der Waals surface area contributed by atoms with Gasteiger partial charge in [-0.2, -0.15) is 0 Å². The van der Waals surface area contributed by atoms with Gasteiger partial charge in [0.2, 0.25) is 0 Å². The summed E-state index contributed by atoms with van der Waals surface area (Å²) in [6.45, 7) is 6.76. The first-order valence-electron chi connectivity index (χ1n) is 6.10. The third-order valence-corrected chi connectivity index (χ3v) is 4.17. The van der Waals surface area contributed by atoms with Crippen LogP contribution in [0.4, 0.5) is 5.69 Å². The van der Waals surface area contributed by atoms with Crippen molar-refractivity contribution in [3.8, 4) is 0 Å². The van der Waals surface area contributed by atoms with Crippen molar-refractivity contribution in [3.63, 3.8) is 0 Å². The third-order valence-electron chi connectivity index (χ3n) is 3.94. The molecule has 1 fully saturated rings. The summed E-state index contributed by atoms with van der Waals surface area (Å²) in [5.41, 5.74) is 1.79. The van der Waals surface area contributed by atoms with Crippen LogP contribution in [-0.4, -0.2) is 23.2 Å². The number of anilines is 1. The number of rotatable bonds is 2. The van der Waals surface area contributed by atoms with Crippen molar-refractivity contribution in [1.82, 2.24) is 0 Å².